The fourth-order valence-electron chi connectivity index (χ4n) is 5.96. The summed E-state index contributed by atoms with van der Waals surface area (Å²) in [5, 5.41) is 122. The summed E-state index contributed by atoms with van der Waals surface area (Å²) in [6, 6.07) is 2.72. The second-order valence-electron chi connectivity index (χ2n) is 13.9. The molecule has 2 rings (SSSR count). The molecule has 57 heavy (non-hydrogen) atoms. The Morgan fingerprint density at radius 2 is 0.982 bits per heavy atom. The molecule has 14 N–H and O–H groups in total. The van der Waals surface area contributed by atoms with Crippen molar-refractivity contribution in [3.05, 3.63) is 29.6 Å². The van der Waals surface area contributed by atoms with E-state index in [4.69, 9.17) is 10.2 Å². The molecule has 0 spiro atoms. The van der Waals surface area contributed by atoms with Crippen LogP contribution in [0.25, 0.3) is 0 Å². The van der Waals surface area contributed by atoms with Gasteiger partial charge in [-0.15, -0.1) is 0 Å². The predicted molar refractivity (Wildman–Crippen MR) is 192 cm³/mol. The number of aliphatic carboxylic acids is 2. The molecule has 1 aromatic heterocycles. The van der Waals surface area contributed by atoms with Crippen LogP contribution in [-0.4, -0.2) is 225 Å². The number of nitrogens with zero attached hydrogens (tertiary/aromatic N) is 4. The number of aliphatic hydroxyl groups excluding tert-OH is 10. The van der Waals surface area contributed by atoms with Crippen molar-refractivity contribution in [3.63, 3.8) is 0 Å². The Morgan fingerprint density at radius 3 is 1.32 bits per heavy atom. The Morgan fingerprint density at radius 1 is 0.632 bits per heavy atom. The first-order valence-electron chi connectivity index (χ1n) is 18.2. The van der Waals surface area contributed by atoms with Crippen LogP contribution < -0.4 is 10.6 Å². The second kappa shape index (κ2) is 26.2. The van der Waals surface area contributed by atoms with Crippen molar-refractivity contribution >= 4 is 23.8 Å². The third-order valence-corrected chi connectivity index (χ3v) is 9.54. The number of carboxylic acids is 2. The minimum absolute atomic E-state index is 0. The maximum absolute atomic E-state index is 12.6. The van der Waals surface area contributed by atoms with Crippen LogP contribution in [0, 0.1) is 0 Å². The van der Waals surface area contributed by atoms with Crippen LogP contribution in [-0.2, 0) is 49.3 Å². The van der Waals surface area contributed by atoms with Gasteiger partial charge >= 0.3 is 11.9 Å². The number of pyridine rings is 1. The van der Waals surface area contributed by atoms with Crippen LogP contribution in [0.1, 0.15) is 37.1 Å². The molecule has 0 saturated carbocycles. The number of carbonyl (C=O) groups excluding carboxylic acids is 2. The number of hydrogen-bond donors (Lipinski definition) is 14. The summed E-state index contributed by atoms with van der Waals surface area (Å²) in [5.41, 5.74) is 0.927. The van der Waals surface area contributed by atoms with E-state index in [0.717, 1.165) is 0 Å². The van der Waals surface area contributed by atoms with E-state index in [1.165, 1.54) is 0 Å². The number of carbonyl (C=O) groups is 4. The SMILES string of the molecule is CN1CCN(C(CCC(=O)NCC(O)C(O)C(O)C(O)CO)C(=O)O)Cc2cccc(n2)CN(C(CCC(=O)NCC(O)C(O)C(O)C(O)CO)C(=O)O)CC1.[Mn]. The van der Waals surface area contributed by atoms with Crippen LogP contribution >= 0.6 is 0 Å². The third kappa shape index (κ3) is 17.4. The van der Waals surface area contributed by atoms with Crippen molar-refractivity contribution in [3.8, 4) is 0 Å². The van der Waals surface area contributed by atoms with Crippen LogP contribution in [0.2, 0.25) is 0 Å². The predicted octanol–water partition coefficient (Wildman–Crippen LogP) is -6.80. The van der Waals surface area contributed by atoms with Crippen molar-refractivity contribution < 1.29 is 97.5 Å². The first-order valence-corrected chi connectivity index (χ1v) is 18.2. The normalized spacial score (nSPS) is 20.1. The van der Waals surface area contributed by atoms with Gasteiger partial charge in [0.05, 0.1) is 36.8 Å². The van der Waals surface area contributed by atoms with E-state index in [2.05, 4.69) is 15.6 Å². The van der Waals surface area contributed by atoms with Gasteiger partial charge in [-0.1, -0.05) is 6.07 Å². The molecule has 22 nitrogen and oxygen atoms in total. The van der Waals surface area contributed by atoms with Crippen molar-refractivity contribution in [2.24, 2.45) is 0 Å². The standard InChI is InChI=1S/C34H58N6O16.Mn/c1-38-9-11-39(21(33(53)54)5-7-27(47)35-13-23(43)29(49)31(51)25(45)17-41)15-19-3-2-4-20(37-19)16-40(12-10-38)22(34(55)56)6-8-28(48)36-14-24(44)30(50)32(52)26(46)18-42;/h2-4,21-26,29-32,41-46,49-52H,5-18H2,1H3,(H,35,47)(H,36,48)(H,53,54)(H,55,56);. The number of amides is 2. The zero-order valence-corrected chi connectivity index (χ0v) is 32.8. The molecule has 1 aromatic rings. The van der Waals surface area contributed by atoms with Gasteiger partial charge in [0.25, 0.3) is 0 Å². The van der Waals surface area contributed by atoms with Gasteiger partial charge in [-0.3, -0.25) is 34.0 Å². The number of nitrogens with one attached hydrogen (secondary N) is 2. The average molecular weight is 862 g/mol. The van der Waals surface area contributed by atoms with E-state index >= 15 is 0 Å². The van der Waals surface area contributed by atoms with Gasteiger partial charge in [0.1, 0.15) is 48.7 Å². The zero-order valence-electron chi connectivity index (χ0n) is 31.6. The topological polar surface area (TPSA) is 358 Å². The maximum atomic E-state index is 12.6. The summed E-state index contributed by atoms with van der Waals surface area (Å²) < 4.78 is 0. The van der Waals surface area contributed by atoms with Gasteiger partial charge in [-0.05, 0) is 32.0 Å². The first kappa shape index (κ1) is 52.0. The third-order valence-electron chi connectivity index (χ3n) is 9.54. The first-order chi connectivity index (χ1) is 26.4. The number of fused-ring (bicyclic) bond motifs is 2. The molecule has 327 valence electrons. The quantitative estimate of drug-likeness (QED) is 0.0482. The average Bonchev–Trinajstić information content (AvgIpc) is 3.17. The number of aromatic nitrogens is 1. The fourth-order valence-corrected chi connectivity index (χ4v) is 5.96. The molecule has 10 atom stereocenters. The fraction of sp³-hybridized carbons (Fsp3) is 0.735. The molecule has 1 aliphatic heterocycles. The van der Waals surface area contributed by atoms with Crippen molar-refractivity contribution in [2.75, 3.05) is 59.5 Å². The molecular weight excluding hydrogens is 803 g/mol. The molecule has 0 fully saturated rings. The number of carboxylic acid groups (broad SMARTS) is 2. The summed E-state index contributed by atoms with van der Waals surface area (Å²) in [7, 11) is 1.76. The minimum Gasteiger partial charge on any atom is -0.480 e. The zero-order chi connectivity index (χ0) is 42.1. The molecule has 0 aliphatic carbocycles. The summed E-state index contributed by atoms with van der Waals surface area (Å²) >= 11 is 0. The van der Waals surface area contributed by atoms with Gasteiger partial charge < -0.3 is 76.8 Å². The van der Waals surface area contributed by atoms with Crippen molar-refractivity contribution in [1.82, 2.24) is 30.3 Å². The van der Waals surface area contributed by atoms with Crippen LogP contribution in [0.3, 0.4) is 0 Å². The van der Waals surface area contributed by atoms with Gasteiger partial charge in [-0.2, -0.15) is 0 Å². The maximum Gasteiger partial charge on any atom is 0.320 e. The smallest absolute Gasteiger partial charge is 0.320 e. The summed E-state index contributed by atoms with van der Waals surface area (Å²) in [5.74, 6) is -3.71. The van der Waals surface area contributed by atoms with Crippen LogP contribution in [0.15, 0.2) is 18.2 Å². The van der Waals surface area contributed by atoms with Gasteiger partial charge in [0.2, 0.25) is 11.8 Å². The Labute approximate surface area is 339 Å². The monoisotopic (exact) mass is 861 g/mol. The molecule has 0 saturated heterocycles. The number of aliphatic hydroxyl groups is 10. The van der Waals surface area contributed by atoms with E-state index in [0.29, 0.717) is 24.5 Å². The molecule has 10 unspecified atom stereocenters. The van der Waals surface area contributed by atoms with Crippen LogP contribution in [0.5, 0.6) is 0 Å². The summed E-state index contributed by atoms with van der Waals surface area (Å²) in [6.45, 7) is -1.62. The molecule has 2 bridgehead atoms. The number of likely N-dealkylation sites (N-methyl/N-ethyl adjacent to an activating group) is 1. The molecule has 2 heterocycles. The molecule has 0 aromatic carbocycles. The van der Waals surface area contributed by atoms with Gasteiger partial charge in [-0.25, -0.2) is 0 Å². The minimum atomic E-state index is -1.88. The van der Waals surface area contributed by atoms with E-state index in [1.807, 2.05) is 4.90 Å². The second-order valence-corrected chi connectivity index (χ2v) is 13.9. The Balaban J connectivity index is 0.0000162. The van der Waals surface area contributed by atoms with Gasteiger partial charge in [0.15, 0.2) is 0 Å². The van der Waals surface area contributed by atoms with Gasteiger partial charge in [0, 0.05) is 82.3 Å². The Bertz CT molecular complexity index is 1290. The van der Waals surface area contributed by atoms with E-state index < -0.39 is 111 Å². The van der Waals surface area contributed by atoms with E-state index in [-0.39, 0.29) is 68.9 Å². The van der Waals surface area contributed by atoms with Crippen molar-refractivity contribution in [2.45, 2.75) is 99.7 Å². The molecule has 1 radical (unpaired) electrons. The van der Waals surface area contributed by atoms with Crippen molar-refractivity contribution in [1.29, 1.82) is 0 Å². The molecule has 23 heteroatoms. The van der Waals surface area contributed by atoms with E-state index in [1.54, 1.807) is 35.0 Å². The van der Waals surface area contributed by atoms with E-state index in [9.17, 15) is 70.2 Å². The summed E-state index contributed by atoms with van der Waals surface area (Å²) in [6.07, 6.45) is -15.2. The molecule has 1 aliphatic rings. The molecule has 2 amide bonds. The largest absolute Gasteiger partial charge is 0.480 e. The molecular formula is C34H58MnN6O16. The Hall–Kier alpha value is -2.97. The number of rotatable bonds is 22. The van der Waals surface area contributed by atoms with Crippen LogP contribution in [0.4, 0.5) is 0 Å². The number of hydrogen-bond acceptors (Lipinski definition) is 18. The summed E-state index contributed by atoms with van der Waals surface area (Å²) in [4.78, 5) is 60.0. The Kier molecular flexibility index (Phi) is 23.9.